The van der Waals surface area contributed by atoms with Gasteiger partial charge in [-0.05, 0) is 42.2 Å². The molecular formula is C19H20N4O. The Labute approximate surface area is 141 Å². The summed E-state index contributed by atoms with van der Waals surface area (Å²) in [6, 6.07) is 17.1. The van der Waals surface area contributed by atoms with Crippen molar-refractivity contribution in [1.82, 2.24) is 14.8 Å². The summed E-state index contributed by atoms with van der Waals surface area (Å²) >= 11 is 0. The van der Waals surface area contributed by atoms with Crippen molar-refractivity contribution in [2.24, 2.45) is 0 Å². The van der Waals surface area contributed by atoms with E-state index in [1.807, 2.05) is 16.8 Å². The summed E-state index contributed by atoms with van der Waals surface area (Å²) in [5.41, 5.74) is 3.80. The number of nitrogens with zero attached hydrogens (tertiary/aromatic N) is 3. The van der Waals surface area contributed by atoms with Crippen LogP contribution in [0.1, 0.15) is 35.2 Å². The van der Waals surface area contributed by atoms with E-state index in [4.69, 9.17) is 4.74 Å². The van der Waals surface area contributed by atoms with Crippen molar-refractivity contribution in [3.8, 4) is 5.75 Å². The van der Waals surface area contributed by atoms with Crippen molar-refractivity contribution in [3.05, 3.63) is 71.5 Å². The monoisotopic (exact) mass is 320 g/mol. The standard InChI is InChI=1S/C19H20N4O/c1-13-5-3-4-6-16(13)18-11-17(22-19-20-12-21-23(18)19)14-7-9-15(24-2)10-8-14/h3-10,12,17-18H,11H2,1-2H3,(H,20,21,22)/t17-,18-/m0/s1. The molecule has 122 valence electrons. The highest BCUT2D eigenvalue weighted by molar-refractivity contribution is 5.41. The second-order valence-electron chi connectivity index (χ2n) is 6.11. The molecule has 4 rings (SSSR count). The maximum Gasteiger partial charge on any atom is 0.222 e. The molecule has 0 saturated heterocycles. The van der Waals surface area contributed by atoms with Crippen molar-refractivity contribution >= 4 is 5.95 Å². The van der Waals surface area contributed by atoms with Crippen molar-refractivity contribution in [1.29, 1.82) is 0 Å². The fraction of sp³-hybridized carbons (Fsp3) is 0.263. The molecule has 2 heterocycles. The predicted molar refractivity (Wildman–Crippen MR) is 93.3 cm³/mol. The summed E-state index contributed by atoms with van der Waals surface area (Å²) in [7, 11) is 1.69. The first-order chi connectivity index (χ1) is 11.8. The maximum atomic E-state index is 5.26. The summed E-state index contributed by atoms with van der Waals surface area (Å²) in [4.78, 5) is 4.39. The number of nitrogens with one attached hydrogen (secondary N) is 1. The number of fused-ring (bicyclic) bond motifs is 1. The molecule has 0 spiro atoms. The average molecular weight is 320 g/mol. The Morgan fingerprint density at radius 1 is 1.12 bits per heavy atom. The zero-order valence-corrected chi connectivity index (χ0v) is 13.8. The number of hydrogen-bond acceptors (Lipinski definition) is 4. The van der Waals surface area contributed by atoms with Crippen LogP contribution in [0, 0.1) is 6.92 Å². The van der Waals surface area contributed by atoms with Crippen molar-refractivity contribution in [2.75, 3.05) is 12.4 Å². The lowest BCUT2D eigenvalue weighted by Gasteiger charge is -2.32. The Morgan fingerprint density at radius 2 is 1.92 bits per heavy atom. The van der Waals surface area contributed by atoms with Gasteiger partial charge in [-0.3, -0.25) is 0 Å². The zero-order chi connectivity index (χ0) is 16.5. The van der Waals surface area contributed by atoms with Crippen LogP contribution in [-0.2, 0) is 0 Å². The first kappa shape index (κ1) is 14.8. The number of methoxy groups -OCH3 is 1. The van der Waals surface area contributed by atoms with Crippen LogP contribution >= 0.6 is 0 Å². The smallest absolute Gasteiger partial charge is 0.222 e. The Balaban J connectivity index is 1.72. The molecule has 2 atom stereocenters. The average Bonchev–Trinajstić information content (AvgIpc) is 3.10. The lowest BCUT2D eigenvalue weighted by molar-refractivity contribution is 0.413. The molecule has 0 fully saturated rings. The fourth-order valence-corrected chi connectivity index (χ4v) is 3.39. The number of ether oxygens (including phenoxy) is 1. The molecule has 0 saturated carbocycles. The third-order valence-electron chi connectivity index (χ3n) is 4.70. The molecule has 0 bridgehead atoms. The molecule has 2 aromatic carbocycles. The summed E-state index contributed by atoms with van der Waals surface area (Å²) < 4.78 is 7.25. The minimum absolute atomic E-state index is 0.178. The molecule has 3 aromatic rings. The lowest BCUT2D eigenvalue weighted by atomic mass is 9.91. The molecule has 0 radical (unpaired) electrons. The van der Waals surface area contributed by atoms with Gasteiger partial charge in [-0.1, -0.05) is 36.4 Å². The van der Waals surface area contributed by atoms with Crippen molar-refractivity contribution in [3.63, 3.8) is 0 Å². The molecule has 0 unspecified atom stereocenters. The summed E-state index contributed by atoms with van der Waals surface area (Å²) in [6.07, 6.45) is 2.54. The number of aryl methyl sites for hydroxylation is 1. The molecule has 1 aliphatic rings. The maximum absolute atomic E-state index is 5.26. The van der Waals surface area contributed by atoms with Crippen LogP contribution in [0.25, 0.3) is 0 Å². The number of rotatable bonds is 3. The SMILES string of the molecule is COc1ccc([C@@H]2C[C@@H](c3ccccc3C)n3ncnc3N2)cc1. The van der Waals surface area contributed by atoms with Gasteiger partial charge in [0.15, 0.2) is 0 Å². The van der Waals surface area contributed by atoms with E-state index in [1.165, 1.54) is 16.7 Å². The van der Waals surface area contributed by atoms with Crippen LogP contribution in [0.15, 0.2) is 54.9 Å². The second kappa shape index (κ2) is 6.00. The number of hydrogen-bond donors (Lipinski definition) is 1. The van der Waals surface area contributed by atoms with Gasteiger partial charge in [-0.15, -0.1) is 0 Å². The van der Waals surface area contributed by atoms with E-state index in [-0.39, 0.29) is 12.1 Å². The van der Waals surface area contributed by atoms with E-state index < -0.39 is 0 Å². The van der Waals surface area contributed by atoms with E-state index >= 15 is 0 Å². The van der Waals surface area contributed by atoms with Crippen LogP contribution in [0.3, 0.4) is 0 Å². The van der Waals surface area contributed by atoms with Gasteiger partial charge in [0.05, 0.1) is 19.2 Å². The van der Waals surface area contributed by atoms with E-state index in [1.54, 1.807) is 13.4 Å². The molecule has 0 aliphatic carbocycles. The highest BCUT2D eigenvalue weighted by atomic mass is 16.5. The van der Waals surface area contributed by atoms with Gasteiger partial charge in [-0.2, -0.15) is 10.1 Å². The Hall–Kier alpha value is -2.82. The van der Waals surface area contributed by atoms with Gasteiger partial charge in [0, 0.05) is 0 Å². The Bertz CT molecular complexity index is 841. The first-order valence-corrected chi connectivity index (χ1v) is 8.12. The summed E-state index contributed by atoms with van der Waals surface area (Å²) in [5.74, 6) is 1.68. The third kappa shape index (κ3) is 2.52. The van der Waals surface area contributed by atoms with Crippen LogP contribution < -0.4 is 10.1 Å². The van der Waals surface area contributed by atoms with Crippen LogP contribution in [0.5, 0.6) is 5.75 Å². The zero-order valence-electron chi connectivity index (χ0n) is 13.8. The summed E-state index contributed by atoms with van der Waals surface area (Å²) in [5, 5.41) is 7.93. The lowest BCUT2D eigenvalue weighted by Crippen LogP contribution is -2.28. The van der Waals surface area contributed by atoms with Crippen LogP contribution in [0.2, 0.25) is 0 Å². The topological polar surface area (TPSA) is 52.0 Å². The second-order valence-corrected chi connectivity index (χ2v) is 6.11. The van der Waals surface area contributed by atoms with Crippen LogP contribution in [-0.4, -0.2) is 21.9 Å². The fourth-order valence-electron chi connectivity index (χ4n) is 3.39. The van der Waals surface area contributed by atoms with E-state index in [0.717, 1.165) is 18.1 Å². The molecule has 0 amide bonds. The molecule has 1 N–H and O–H groups in total. The number of anilines is 1. The van der Waals surface area contributed by atoms with Gasteiger partial charge >= 0.3 is 0 Å². The van der Waals surface area contributed by atoms with Gasteiger partial charge in [0.1, 0.15) is 12.1 Å². The number of benzene rings is 2. The quantitative estimate of drug-likeness (QED) is 0.799. The van der Waals surface area contributed by atoms with Crippen LogP contribution in [0.4, 0.5) is 5.95 Å². The Kier molecular flexibility index (Phi) is 3.69. The van der Waals surface area contributed by atoms with Gasteiger partial charge in [0.25, 0.3) is 0 Å². The summed E-state index contributed by atoms with van der Waals surface area (Å²) in [6.45, 7) is 2.15. The van der Waals surface area contributed by atoms with E-state index in [2.05, 4.69) is 58.7 Å². The first-order valence-electron chi connectivity index (χ1n) is 8.12. The van der Waals surface area contributed by atoms with E-state index in [0.29, 0.717) is 0 Å². The molecular weight excluding hydrogens is 300 g/mol. The predicted octanol–water partition coefficient (Wildman–Crippen LogP) is 3.74. The highest BCUT2D eigenvalue weighted by Gasteiger charge is 2.30. The van der Waals surface area contributed by atoms with Gasteiger partial charge < -0.3 is 10.1 Å². The Morgan fingerprint density at radius 3 is 2.67 bits per heavy atom. The van der Waals surface area contributed by atoms with Crippen molar-refractivity contribution < 1.29 is 4.74 Å². The third-order valence-corrected chi connectivity index (χ3v) is 4.70. The molecule has 5 heteroatoms. The largest absolute Gasteiger partial charge is 0.497 e. The van der Waals surface area contributed by atoms with Crippen molar-refractivity contribution in [2.45, 2.75) is 25.4 Å². The number of aromatic nitrogens is 3. The van der Waals surface area contributed by atoms with E-state index in [9.17, 15) is 0 Å². The molecule has 5 nitrogen and oxygen atoms in total. The highest BCUT2D eigenvalue weighted by Crippen LogP contribution is 2.38. The molecule has 1 aromatic heterocycles. The molecule has 1 aliphatic heterocycles. The normalized spacial score (nSPS) is 19.4. The minimum Gasteiger partial charge on any atom is -0.497 e. The van der Waals surface area contributed by atoms with Gasteiger partial charge in [0.2, 0.25) is 5.95 Å². The molecule has 24 heavy (non-hydrogen) atoms. The minimum atomic E-state index is 0.178. The van der Waals surface area contributed by atoms with Gasteiger partial charge in [-0.25, -0.2) is 4.68 Å².